The first-order valence-corrected chi connectivity index (χ1v) is 4.77. The minimum atomic E-state index is -0.460. The fourth-order valence-corrected chi connectivity index (χ4v) is 1.08. The van der Waals surface area contributed by atoms with Crippen molar-refractivity contribution in [3.63, 3.8) is 0 Å². The summed E-state index contributed by atoms with van der Waals surface area (Å²) < 4.78 is 0. The zero-order chi connectivity index (χ0) is 12.8. The molecular formula is C11H12N4O2. The van der Waals surface area contributed by atoms with Crippen LogP contribution in [0.4, 0.5) is 5.69 Å². The summed E-state index contributed by atoms with van der Waals surface area (Å²) in [5.41, 5.74) is 6.72. The van der Waals surface area contributed by atoms with Crippen LogP contribution in [0.15, 0.2) is 41.4 Å². The van der Waals surface area contributed by atoms with Crippen molar-refractivity contribution in [1.29, 1.82) is 5.41 Å². The number of hydrogen-bond donors (Lipinski definition) is 2. The Hall–Kier alpha value is -2.50. The highest BCUT2D eigenvalue weighted by Gasteiger charge is 2.03. The van der Waals surface area contributed by atoms with E-state index in [2.05, 4.69) is 11.6 Å². The number of amidine groups is 1. The molecule has 6 nitrogen and oxygen atoms in total. The molecule has 0 radical (unpaired) electrons. The molecule has 0 saturated heterocycles. The lowest BCUT2D eigenvalue weighted by Crippen LogP contribution is -2.15. The number of nitro benzene ring substituents is 1. The Labute approximate surface area is 98.1 Å². The molecule has 0 saturated carbocycles. The topological polar surface area (TPSA) is 105 Å². The van der Waals surface area contributed by atoms with Gasteiger partial charge in [0.05, 0.1) is 11.5 Å². The zero-order valence-electron chi connectivity index (χ0n) is 9.09. The van der Waals surface area contributed by atoms with Crippen LogP contribution in [0, 0.1) is 15.5 Å². The van der Waals surface area contributed by atoms with Crippen molar-refractivity contribution in [3.05, 3.63) is 52.1 Å². The Balaban J connectivity index is 2.73. The number of benzene rings is 1. The average molecular weight is 232 g/mol. The molecule has 1 rings (SSSR count). The van der Waals surface area contributed by atoms with E-state index in [1.54, 1.807) is 12.1 Å². The van der Waals surface area contributed by atoms with Gasteiger partial charge in [-0.3, -0.25) is 15.1 Å². The van der Waals surface area contributed by atoms with E-state index in [1.165, 1.54) is 12.1 Å². The van der Waals surface area contributed by atoms with Gasteiger partial charge in [0.15, 0.2) is 0 Å². The predicted octanol–water partition coefficient (Wildman–Crippen LogP) is 1.66. The second-order valence-electron chi connectivity index (χ2n) is 3.29. The number of rotatable bonds is 5. The van der Waals surface area contributed by atoms with Crippen LogP contribution in [0.25, 0.3) is 0 Å². The summed E-state index contributed by atoms with van der Waals surface area (Å²) in [7, 11) is 0. The highest BCUT2D eigenvalue weighted by Crippen LogP contribution is 2.12. The molecule has 0 unspecified atom stereocenters. The van der Waals surface area contributed by atoms with Crippen LogP contribution in [0.2, 0.25) is 0 Å². The van der Waals surface area contributed by atoms with E-state index in [0.29, 0.717) is 12.1 Å². The van der Waals surface area contributed by atoms with E-state index in [4.69, 9.17) is 11.1 Å². The summed E-state index contributed by atoms with van der Waals surface area (Å²) in [6, 6.07) is 6.04. The van der Waals surface area contributed by atoms with Crippen molar-refractivity contribution in [2.75, 3.05) is 0 Å². The molecule has 0 spiro atoms. The molecule has 0 aliphatic rings. The number of nitrogens with zero attached hydrogens (tertiary/aromatic N) is 2. The Bertz CT molecular complexity index is 477. The normalized spacial score (nSPS) is 10.9. The van der Waals surface area contributed by atoms with Crippen molar-refractivity contribution in [2.45, 2.75) is 6.54 Å². The zero-order valence-corrected chi connectivity index (χ0v) is 9.09. The monoisotopic (exact) mass is 232 g/mol. The van der Waals surface area contributed by atoms with Crippen LogP contribution in [-0.2, 0) is 6.54 Å². The van der Waals surface area contributed by atoms with Gasteiger partial charge >= 0.3 is 0 Å². The summed E-state index contributed by atoms with van der Waals surface area (Å²) in [5, 5.41) is 17.4. The van der Waals surface area contributed by atoms with Gasteiger partial charge in [-0.1, -0.05) is 18.7 Å². The van der Waals surface area contributed by atoms with E-state index in [1.807, 2.05) is 0 Å². The van der Waals surface area contributed by atoms with E-state index >= 15 is 0 Å². The van der Waals surface area contributed by atoms with Crippen molar-refractivity contribution in [2.24, 2.45) is 10.7 Å². The summed E-state index contributed by atoms with van der Waals surface area (Å²) in [6.07, 6.45) is 1.02. The number of nitrogens with two attached hydrogens (primary N) is 1. The van der Waals surface area contributed by atoms with Crippen LogP contribution >= 0.6 is 0 Å². The summed E-state index contributed by atoms with van der Waals surface area (Å²) in [4.78, 5) is 14.0. The number of nitrogens with one attached hydrogen (secondary N) is 1. The molecule has 0 atom stereocenters. The molecule has 0 bridgehead atoms. The lowest BCUT2D eigenvalue weighted by atomic mass is 10.2. The molecule has 0 aromatic heterocycles. The summed E-state index contributed by atoms with van der Waals surface area (Å²) in [6.45, 7) is 3.84. The van der Waals surface area contributed by atoms with E-state index in [9.17, 15) is 10.1 Å². The highest BCUT2D eigenvalue weighted by atomic mass is 16.6. The molecule has 0 heterocycles. The molecule has 1 aromatic carbocycles. The second-order valence-corrected chi connectivity index (χ2v) is 3.29. The van der Waals surface area contributed by atoms with Crippen molar-refractivity contribution in [1.82, 2.24) is 0 Å². The molecule has 0 aliphatic heterocycles. The van der Waals surface area contributed by atoms with Crippen LogP contribution in [0.1, 0.15) is 5.56 Å². The van der Waals surface area contributed by atoms with Gasteiger partial charge in [-0.2, -0.15) is 0 Å². The average Bonchev–Trinajstić information content (AvgIpc) is 2.35. The lowest BCUT2D eigenvalue weighted by Gasteiger charge is -2.00. The van der Waals surface area contributed by atoms with Crippen LogP contribution in [0.3, 0.4) is 0 Å². The Morgan fingerprint density at radius 1 is 1.53 bits per heavy atom. The van der Waals surface area contributed by atoms with E-state index in [-0.39, 0.29) is 11.5 Å². The Kier molecular flexibility index (Phi) is 4.10. The standard InChI is InChI=1S/C11H12N4O2/c1-8(6-12)11(13)14-7-9-2-4-10(5-3-9)15(16)17/h2-6,12H,1,7H2,(H2,13,14). The highest BCUT2D eigenvalue weighted by molar-refractivity contribution is 6.12. The van der Waals surface area contributed by atoms with Crippen LogP contribution in [0.5, 0.6) is 0 Å². The van der Waals surface area contributed by atoms with Crippen molar-refractivity contribution < 1.29 is 4.92 Å². The fourth-order valence-electron chi connectivity index (χ4n) is 1.08. The van der Waals surface area contributed by atoms with Crippen molar-refractivity contribution in [3.8, 4) is 0 Å². The first-order valence-electron chi connectivity index (χ1n) is 4.77. The van der Waals surface area contributed by atoms with Crippen LogP contribution < -0.4 is 5.73 Å². The lowest BCUT2D eigenvalue weighted by molar-refractivity contribution is -0.384. The minimum Gasteiger partial charge on any atom is -0.383 e. The number of non-ortho nitro benzene ring substituents is 1. The first kappa shape index (κ1) is 12.6. The number of hydrogen-bond acceptors (Lipinski definition) is 4. The number of nitro groups is 1. The predicted molar refractivity (Wildman–Crippen MR) is 66.3 cm³/mol. The molecule has 0 aliphatic carbocycles. The van der Waals surface area contributed by atoms with Gasteiger partial charge in [-0.15, -0.1) is 0 Å². The third-order valence-electron chi connectivity index (χ3n) is 2.08. The molecular weight excluding hydrogens is 220 g/mol. The SMILES string of the molecule is C=C(C=N)C(N)=NCc1ccc([N+](=O)[O-])cc1. The molecule has 1 aromatic rings. The molecule has 88 valence electrons. The van der Waals surface area contributed by atoms with Gasteiger partial charge in [0, 0.05) is 23.9 Å². The second kappa shape index (κ2) is 5.55. The smallest absolute Gasteiger partial charge is 0.269 e. The Morgan fingerprint density at radius 3 is 2.59 bits per heavy atom. The van der Waals surface area contributed by atoms with Crippen molar-refractivity contribution >= 4 is 17.7 Å². The molecule has 6 heteroatoms. The summed E-state index contributed by atoms with van der Waals surface area (Å²) in [5.74, 6) is 0.193. The van der Waals surface area contributed by atoms with Gasteiger partial charge in [0.2, 0.25) is 0 Å². The molecule has 17 heavy (non-hydrogen) atoms. The largest absolute Gasteiger partial charge is 0.383 e. The van der Waals surface area contributed by atoms with E-state index in [0.717, 1.165) is 11.8 Å². The van der Waals surface area contributed by atoms with Gasteiger partial charge in [0.1, 0.15) is 5.84 Å². The van der Waals surface area contributed by atoms with Gasteiger partial charge in [0.25, 0.3) is 5.69 Å². The fraction of sp³-hybridized carbons (Fsp3) is 0.0909. The Morgan fingerprint density at radius 2 is 2.12 bits per heavy atom. The maximum absolute atomic E-state index is 10.4. The first-order chi connectivity index (χ1) is 8.04. The number of aliphatic imine (C=N–C) groups is 1. The molecule has 0 fully saturated rings. The molecule has 3 N–H and O–H groups in total. The summed E-state index contributed by atoms with van der Waals surface area (Å²) >= 11 is 0. The third-order valence-corrected chi connectivity index (χ3v) is 2.08. The molecule has 0 amide bonds. The minimum absolute atomic E-state index is 0.0367. The third kappa shape index (κ3) is 3.53. The van der Waals surface area contributed by atoms with Crippen LogP contribution in [-0.4, -0.2) is 17.0 Å². The maximum Gasteiger partial charge on any atom is 0.269 e. The van der Waals surface area contributed by atoms with Gasteiger partial charge < -0.3 is 11.1 Å². The quantitative estimate of drug-likeness (QED) is 0.349. The van der Waals surface area contributed by atoms with Gasteiger partial charge in [-0.05, 0) is 5.56 Å². The maximum atomic E-state index is 10.4. The van der Waals surface area contributed by atoms with E-state index < -0.39 is 4.92 Å². The van der Waals surface area contributed by atoms with Gasteiger partial charge in [-0.25, -0.2) is 0 Å².